The quantitative estimate of drug-likeness (QED) is 0.577. The van der Waals surface area contributed by atoms with Crippen LogP contribution in [-0.4, -0.2) is 9.97 Å². The zero-order valence-electron chi connectivity index (χ0n) is 7.08. The van der Waals surface area contributed by atoms with Gasteiger partial charge < -0.3 is 0 Å². The molecule has 2 aliphatic rings. The lowest BCUT2D eigenvalue weighted by Crippen LogP contribution is -2.16. The Morgan fingerprint density at radius 2 is 2.17 bits per heavy atom. The van der Waals surface area contributed by atoms with Gasteiger partial charge in [0.25, 0.3) is 0 Å². The van der Waals surface area contributed by atoms with E-state index in [1.807, 2.05) is 6.20 Å². The number of hydrogen-bond donors (Lipinski definition) is 0. The number of aryl methyl sites for hydroxylation is 1. The van der Waals surface area contributed by atoms with Crippen molar-refractivity contribution in [2.45, 2.75) is 32.1 Å². The predicted octanol–water partition coefficient (Wildman–Crippen LogP) is 1.75. The van der Waals surface area contributed by atoms with E-state index in [0.717, 1.165) is 0 Å². The van der Waals surface area contributed by atoms with Gasteiger partial charge in [-0.3, -0.25) is 0 Å². The van der Waals surface area contributed by atoms with Crippen molar-refractivity contribution in [3.05, 3.63) is 23.8 Å². The Bertz CT molecular complexity index is 315. The van der Waals surface area contributed by atoms with Gasteiger partial charge in [-0.25, -0.2) is 9.97 Å². The van der Waals surface area contributed by atoms with Crippen molar-refractivity contribution in [3.8, 4) is 0 Å². The monoisotopic (exact) mass is 160 g/mol. The first kappa shape index (κ1) is 6.58. The van der Waals surface area contributed by atoms with Crippen LogP contribution in [0.15, 0.2) is 12.5 Å². The summed E-state index contributed by atoms with van der Waals surface area (Å²) in [5, 5.41) is 0. The molecule has 0 aromatic carbocycles. The van der Waals surface area contributed by atoms with E-state index in [9.17, 15) is 0 Å². The third kappa shape index (κ3) is 0.872. The minimum absolute atomic E-state index is 0.692. The molecule has 12 heavy (non-hydrogen) atoms. The second-order valence-corrected chi connectivity index (χ2v) is 4.17. The van der Waals surface area contributed by atoms with E-state index in [4.69, 9.17) is 0 Å². The highest BCUT2D eigenvalue weighted by Gasteiger charge is 2.44. The molecule has 1 aromatic rings. The number of rotatable bonds is 0. The zero-order valence-corrected chi connectivity index (χ0v) is 7.08. The van der Waals surface area contributed by atoms with Crippen molar-refractivity contribution >= 4 is 0 Å². The Labute approximate surface area is 72.0 Å². The van der Waals surface area contributed by atoms with Crippen LogP contribution < -0.4 is 0 Å². The highest BCUT2D eigenvalue weighted by Crippen LogP contribution is 2.54. The van der Waals surface area contributed by atoms with Crippen LogP contribution in [0.1, 0.15) is 30.5 Å². The van der Waals surface area contributed by atoms with E-state index in [1.165, 1.54) is 43.4 Å². The summed E-state index contributed by atoms with van der Waals surface area (Å²) in [6.45, 7) is 0. The second-order valence-electron chi connectivity index (χ2n) is 4.17. The van der Waals surface area contributed by atoms with Gasteiger partial charge in [0, 0.05) is 11.9 Å². The topological polar surface area (TPSA) is 25.8 Å². The molecule has 1 saturated carbocycles. The Hall–Kier alpha value is -0.920. The van der Waals surface area contributed by atoms with Crippen LogP contribution in [0.2, 0.25) is 0 Å². The second kappa shape index (κ2) is 2.06. The SMILES string of the molecule is c1ncc2c(n1)CCC1(CC1)C2. The van der Waals surface area contributed by atoms with Gasteiger partial charge in [0.1, 0.15) is 6.33 Å². The van der Waals surface area contributed by atoms with E-state index in [0.29, 0.717) is 5.41 Å². The summed E-state index contributed by atoms with van der Waals surface area (Å²) in [7, 11) is 0. The summed E-state index contributed by atoms with van der Waals surface area (Å²) in [6, 6.07) is 0. The number of fused-ring (bicyclic) bond motifs is 1. The van der Waals surface area contributed by atoms with E-state index in [1.54, 1.807) is 6.33 Å². The first-order chi connectivity index (χ1) is 5.88. The summed E-state index contributed by atoms with van der Waals surface area (Å²) in [4.78, 5) is 8.38. The predicted molar refractivity (Wildman–Crippen MR) is 45.7 cm³/mol. The standard InChI is InChI=1S/C10H12N2/c1-2-10(3-4-10)5-8-6-11-7-12-9(1)8/h6-7H,1-5H2. The first-order valence-electron chi connectivity index (χ1n) is 4.66. The zero-order chi connectivity index (χ0) is 8.02. The molecule has 1 heterocycles. The summed E-state index contributed by atoms with van der Waals surface area (Å²) >= 11 is 0. The molecular formula is C10H12N2. The lowest BCUT2D eigenvalue weighted by atomic mass is 9.85. The van der Waals surface area contributed by atoms with E-state index in [2.05, 4.69) is 9.97 Å². The lowest BCUT2D eigenvalue weighted by Gasteiger charge is -2.22. The van der Waals surface area contributed by atoms with Crippen molar-refractivity contribution in [2.75, 3.05) is 0 Å². The molecule has 0 atom stereocenters. The Morgan fingerprint density at radius 3 is 3.00 bits per heavy atom. The Kier molecular flexibility index (Phi) is 1.13. The van der Waals surface area contributed by atoms with Gasteiger partial charge in [-0.2, -0.15) is 0 Å². The van der Waals surface area contributed by atoms with Crippen LogP contribution in [0.4, 0.5) is 0 Å². The molecule has 62 valence electrons. The minimum Gasteiger partial charge on any atom is -0.245 e. The van der Waals surface area contributed by atoms with Crippen LogP contribution in [-0.2, 0) is 12.8 Å². The molecule has 0 saturated heterocycles. The highest BCUT2D eigenvalue weighted by atomic mass is 14.8. The number of hydrogen-bond acceptors (Lipinski definition) is 2. The van der Waals surface area contributed by atoms with Crippen LogP contribution in [0, 0.1) is 5.41 Å². The average molecular weight is 160 g/mol. The van der Waals surface area contributed by atoms with E-state index >= 15 is 0 Å². The van der Waals surface area contributed by atoms with Crippen molar-refractivity contribution < 1.29 is 0 Å². The van der Waals surface area contributed by atoms with Crippen molar-refractivity contribution in [1.82, 2.24) is 9.97 Å². The molecule has 0 bridgehead atoms. The van der Waals surface area contributed by atoms with Crippen molar-refractivity contribution in [1.29, 1.82) is 0 Å². The van der Waals surface area contributed by atoms with Gasteiger partial charge in [0.05, 0.1) is 0 Å². The average Bonchev–Trinajstić information content (AvgIpc) is 2.85. The van der Waals surface area contributed by atoms with Gasteiger partial charge >= 0.3 is 0 Å². The smallest absolute Gasteiger partial charge is 0.115 e. The molecule has 1 fully saturated rings. The summed E-state index contributed by atoms with van der Waals surface area (Å²) in [5.74, 6) is 0. The molecule has 0 N–H and O–H groups in total. The summed E-state index contributed by atoms with van der Waals surface area (Å²) in [5.41, 5.74) is 3.39. The van der Waals surface area contributed by atoms with Crippen molar-refractivity contribution in [2.24, 2.45) is 5.41 Å². The van der Waals surface area contributed by atoms with Gasteiger partial charge in [0.2, 0.25) is 0 Å². The van der Waals surface area contributed by atoms with Gasteiger partial charge in [-0.15, -0.1) is 0 Å². The van der Waals surface area contributed by atoms with Gasteiger partial charge in [-0.05, 0) is 43.1 Å². The lowest BCUT2D eigenvalue weighted by molar-refractivity contribution is 0.431. The first-order valence-corrected chi connectivity index (χ1v) is 4.66. The fourth-order valence-corrected chi connectivity index (χ4v) is 2.24. The third-order valence-electron chi connectivity index (χ3n) is 3.30. The number of nitrogens with zero attached hydrogens (tertiary/aromatic N) is 2. The maximum atomic E-state index is 4.30. The normalized spacial score (nSPS) is 23.7. The molecule has 3 rings (SSSR count). The fourth-order valence-electron chi connectivity index (χ4n) is 2.24. The van der Waals surface area contributed by atoms with Crippen LogP contribution >= 0.6 is 0 Å². The van der Waals surface area contributed by atoms with Crippen LogP contribution in [0.5, 0.6) is 0 Å². The van der Waals surface area contributed by atoms with Gasteiger partial charge in [0.15, 0.2) is 0 Å². The highest BCUT2D eigenvalue weighted by molar-refractivity contribution is 5.24. The van der Waals surface area contributed by atoms with Crippen molar-refractivity contribution in [3.63, 3.8) is 0 Å². The third-order valence-corrected chi connectivity index (χ3v) is 3.30. The fraction of sp³-hybridized carbons (Fsp3) is 0.600. The molecule has 0 aliphatic heterocycles. The Balaban J connectivity index is 2.01. The molecule has 1 spiro atoms. The molecule has 2 aliphatic carbocycles. The largest absolute Gasteiger partial charge is 0.245 e. The molecular weight excluding hydrogens is 148 g/mol. The maximum absolute atomic E-state index is 4.30. The molecule has 0 unspecified atom stereocenters. The van der Waals surface area contributed by atoms with E-state index < -0.39 is 0 Å². The summed E-state index contributed by atoms with van der Waals surface area (Å²) < 4.78 is 0. The number of aromatic nitrogens is 2. The minimum atomic E-state index is 0.692. The summed E-state index contributed by atoms with van der Waals surface area (Å²) in [6.07, 6.45) is 10.3. The molecule has 1 aromatic heterocycles. The molecule has 2 nitrogen and oxygen atoms in total. The van der Waals surface area contributed by atoms with Crippen LogP contribution in [0.3, 0.4) is 0 Å². The molecule has 0 radical (unpaired) electrons. The van der Waals surface area contributed by atoms with Gasteiger partial charge in [-0.1, -0.05) is 0 Å². The Morgan fingerprint density at radius 1 is 1.25 bits per heavy atom. The molecule has 2 heteroatoms. The van der Waals surface area contributed by atoms with Crippen LogP contribution in [0.25, 0.3) is 0 Å². The molecule has 0 amide bonds. The maximum Gasteiger partial charge on any atom is 0.115 e. The van der Waals surface area contributed by atoms with E-state index in [-0.39, 0.29) is 0 Å².